The van der Waals surface area contributed by atoms with Gasteiger partial charge in [0.1, 0.15) is 0 Å². The van der Waals surface area contributed by atoms with E-state index in [0.29, 0.717) is 12.0 Å². The molecule has 1 heterocycles. The van der Waals surface area contributed by atoms with Gasteiger partial charge < -0.3 is 10.3 Å². The lowest BCUT2D eigenvalue weighted by Crippen LogP contribution is -2.00. The molecule has 4 heteroatoms. The summed E-state index contributed by atoms with van der Waals surface area (Å²) >= 11 is 5.94. The average molecular weight is 208 g/mol. The van der Waals surface area contributed by atoms with Crippen LogP contribution in [0.2, 0.25) is 5.02 Å². The van der Waals surface area contributed by atoms with Crippen molar-refractivity contribution in [2.75, 3.05) is 5.73 Å². The fourth-order valence-corrected chi connectivity index (χ4v) is 1.97. The first-order valence-corrected chi connectivity index (χ1v) is 5.06. The molecule has 2 aromatic rings. The summed E-state index contributed by atoms with van der Waals surface area (Å²) in [6.45, 7) is 0. The summed E-state index contributed by atoms with van der Waals surface area (Å²) in [5, 5.41) is 0.735. The average Bonchev–Trinajstić information content (AvgIpc) is 2.90. The maximum absolute atomic E-state index is 5.94. The molecule has 2 N–H and O–H groups in total. The van der Waals surface area contributed by atoms with Gasteiger partial charge in [0.15, 0.2) is 0 Å². The van der Waals surface area contributed by atoms with E-state index in [9.17, 15) is 0 Å². The molecule has 0 amide bonds. The maximum atomic E-state index is 5.94. The number of nitrogen functional groups attached to an aromatic ring is 1. The number of nitrogens with two attached hydrogens (primary N) is 1. The minimum Gasteiger partial charge on any atom is -0.369 e. The van der Waals surface area contributed by atoms with Crippen LogP contribution >= 0.6 is 11.6 Å². The van der Waals surface area contributed by atoms with Crippen molar-refractivity contribution in [2.45, 2.75) is 18.9 Å². The lowest BCUT2D eigenvalue weighted by atomic mass is 10.3. The topological polar surface area (TPSA) is 43.8 Å². The van der Waals surface area contributed by atoms with Gasteiger partial charge in [0.2, 0.25) is 5.95 Å². The third-order valence-electron chi connectivity index (χ3n) is 2.59. The molecule has 0 atom stereocenters. The monoisotopic (exact) mass is 207 g/mol. The quantitative estimate of drug-likeness (QED) is 0.781. The number of hydrogen-bond acceptors (Lipinski definition) is 2. The number of imidazole rings is 1. The molecule has 1 fully saturated rings. The number of rotatable bonds is 1. The summed E-state index contributed by atoms with van der Waals surface area (Å²) in [4.78, 5) is 4.30. The Kier molecular flexibility index (Phi) is 1.53. The van der Waals surface area contributed by atoms with E-state index in [1.165, 1.54) is 12.8 Å². The third kappa shape index (κ3) is 1.09. The van der Waals surface area contributed by atoms with Gasteiger partial charge in [-0.15, -0.1) is 0 Å². The Hall–Kier alpha value is -1.22. The molecular weight excluding hydrogens is 198 g/mol. The van der Waals surface area contributed by atoms with Crippen molar-refractivity contribution in [2.24, 2.45) is 0 Å². The second-order valence-corrected chi connectivity index (χ2v) is 4.14. The summed E-state index contributed by atoms with van der Waals surface area (Å²) in [6, 6.07) is 6.22. The first-order valence-electron chi connectivity index (χ1n) is 4.68. The van der Waals surface area contributed by atoms with Crippen molar-refractivity contribution >= 4 is 28.6 Å². The number of anilines is 1. The minimum absolute atomic E-state index is 0.540. The standard InChI is InChI=1S/C10H10ClN3/c11-6-1-4-8-9(5-6)14(7-2-3-7)10(12)13-8/h1,4-5,7H,2-3H2,(H2,12,13). The fourth-order valence-electron chi connectivity index (χ4n) is 1.80. The second kappa shape index (κ2) is 2.64. The zero-order valence-electron chi connectivity index (χ0n) is 7.57. The molecule has 1 saturated carbocycles. The molecule has 0 unspecified atom stereocenters. The zero-order valence-corrected chi connectivity index (χ0v) is 8.33. The van der Waals surface area contributed by atoms with Gasteiger partial charge in [-0.1, -0.05) is 11.6 Å². The van der Waals surface area contributed by atoms with Crippen molar-refractivity contribution < 1.29 is 0 Å². The normalized spacial score (nSPS) is 16.4. The van der Waals surface area contributed by atoms with Crippen LogP contribution in [0.5, 0.6) is 0 Å². The number of aromatic nitrogens is 2. The number of hydrogen-bond donors (Lipinski definition) is 1. The first-order chi connectivity index (χ1) is 6.75. The van der Waals surface area contributed by atoms with E-state index in [1.54, 1.807) is 0 Å². The Morgan fingerprint density at radius 1 is 1.43 bits per heavy atom. The van der Waals surface area contributed by atoms with Crippen LogP contribution in [-0.4, -0.2) is 9.55 Å². The highest BCUT2D eigenvalue weighted by Gasteiger charge is 2.27. The van der Waals surface area contributed by atoms with Crippen molar-refractivity contribution in [1.29, 1.82) is 0 Å². The molecule has 72 valence electrons. The molecule has 1 aromatic heterocycles. The number of benzene rings is 1. The van der Waals surface area contributed by atoms with E-state index in [1.807, 2.05) is 18.2 Å². The van der Waals surface area contributed by atoms with Crippen molar-refractivity contribution in [3.05, 3.63) is 23.2 Å². The highest BCUT2D eigenvalue weighted by Crippen LogP contribution is 2.39. The van der Waals surface area contributed by atoms with Crippen LogP contribution in [-0.2, 0) is 0 Å². The third-order valence-corrected chi connectivity index (χ3v) is 2.83. The van der Waals surface area contributed by atoms with Crippen molar-refractivity contribution in [1.82, 2.24) is 9.55 Å². The zero-order chi connectivity index (χ0) is 9.71. The Labute approximate surface area is 86.5 Å². The summed E-state index contributed by atoms with van der Waals surface area (Å²) in [5.41, 5.74) is 7.84. The number of nitrogens with zero attached hydrogens (tertiary/aromatic N) is 2. The summed E-state index contributed by atoms with van der Waals surface area (Å²) in [6.07, 6.45) is 2.39. The van der Waals surface area contributed by atoms with Crippen LogP contribution in [0.1, 0.15) is 18.9 Å². The van der Waals surface area contributed by atoms with E-state index in [2.05, 4.69) is 9.55 Å². The summed E-state index contributed by atoms with van der Waals surface area (Å²) < 4.78 is 2.08. The molecule has 0 saturated heterocycles. The Morgan fingerprint density at radius 3 is 2.93 bits per heavy atom. The maximum Gasteiger partial charge on any atom is 0.201 e. The van der Waals surface area contributed by atoms with Gasteiger partial charge in [-0.05, 0) is 31.0 Å². The first kappa shape index (κ1) is 8.12. The van der Waals surface area contributed by atoms with E-state index < -0.39 is 0 Å². The Balaban J connectivity index is 2.34. The van der Waals surface area contributed by atoms with Crippen molar-refractivity contribution in [3.63, 3.8) is 0 Å². The largest absolute Gasteiger partial charge is 0.369 e. The highest BCUT2D eigenvalue weighted by atomic mass is 35.5. The van der Waals surface area contributed by atoms with Gasteiger partial charge in [0.05, 0.1) is 11.0 Å². The van der Waals surface area contributed by atoms with Gasteiger partial charge in [-0.2, -0.15) is 0 Å². The lowest BCUT2D eigenvalue weighted by molar-refractivity contribution is 0.779. The van der Waals surface area contributed by atoms with Crippen LogP contribution < -0.4 is 5.73 Å². The highest BCUT2D eigenvalue weighted by molar-refractivity contribution is 6.31. The van der Waals surface area contributed by atoms with E-state index in [0.717, 1.165) is 16.1 Å². The number of fused-ring (bicyclic) bond motifs is 1. The van der Waals surface area contributed by atoms with Crippen LogP contribution in [0.15, 0.2) is 18.2 Å². The van der Waals surface area contributed by atoms with Crippen LogP contribution in [0.4, 0.5) is 5.95 Å². The minimum atomic E-state index is 0.540. The molecular formula is C10H10ClN3. The van der Waals surface area contributed by atoms with Crippen LogP contribution in [0, 0.1) is 0 Å². The smallest absolute Gasteiger partial charge is 0.201 e. The fraction of sp³-hybridized carbons (Fsp3) is 0.300. The van der Waals surface area contributed by atoms with E-state index in [4.69, 9.17) is 17.3 Å². The molecule has 1 aliphatic rings. The van der Waals surface area contributed by atoms with Crippen molar-refractivity contribution in [3.8, 4) is 0 Å². The molecule has 0 bridgehead atoms. The van der Waals surface area contributed by atoms with E-state index >= 15 is 0 Å². The molecule has 3 rings (SSSR count). The second-order valence-electron chi connectivity index (χ2n) is 3.70. The lowest BCUT2D eigenvalue weighted by Gasteiger charge is -2.02. The summed E-state index contributed by atoms with van der Waals surface area (Å²) in [5.74, 6) is 0.602. The van der Waals surface area contributed by atoms with E-state index in [-0.39, 0.29) is 0 Å². The van der Waals surface area contributed by atoms with Gasteiger partial charge >= 0.3 is 0 Å². The molecule has 0 radical (unpaired) electrons. The predicted octanol–water partition coefficient (Wildman–Crippen LogP) is 2.61. The van der Waals surface area contributed by atoms with Crippen LogP contribution in [0.3, 0.4) is 0 Å². The van der Waals surface area contributed by atoms with Gasteiger partial charge in [-0.25, -0.2) is 4.98 Å². The molecule has 1 aliphatic carbocycles. The SMILES string of the molecule is Nc1nc2ccc(Cl)cc2n1C1CC1. The van der Waals surface area contributed by atoms with Crippen LogP contribution in [0.25, 0.3) is 11.0 Å². The molecule has 14 heavy (non-hydrogen) atoms. The molecule has 0 spiro atoms. The molecule has 1 aromatic carbocycles. The Morgan fingerprint density at radius 2 is 2.21 bits per heavy atom. The number of halogens is 1. The molecule has 3 nitrogen and oxygen atoms in total. The van der Waals surface area contributed by atoms with Gasteiger partial charge in [0.25, 0.3) is 0 Å². The Bertz CT molecular complexity index is 499. The van der Waals surface area contributed by atoms with Gasteiger partial charge in [-0.3, -0.25) is 0 Å². The van der Waals surface area contributed by atoms with Gasteiger partial charge in [0, 0.05) is 11.1 Å². The summed E-state index contributed by atoms with van der Waals surface area (Å²) in [7, 11) is 0. The molecule has 0 aliphatic heterocycles. The predicted molar refractivity (Wildman–Crippen MR) is 57.4 cm³/mol.